The van der Waals surface area contributed by atoms with E-state index in [0.29, 0.717) is 46.5 Å². The highest BCUT2D eigenvalue weighted by Gasteiger charge is 2.72. The minimum Gasteiger partial charge on any atom is -0.410 e. The second-order valence-electron chi connectivity index (χ2n) is 10.7. The first-order valence-corrected chi connectivity index (χ1v) is 14.8. The quantitative estimate of drug-likeness (QED) is 0.0897. The highest BCUT2D eigenvalue weighted by Crippen LogP contribution is 2.56. The molecule has 0 saturated carbocycles. The van der Waals surface area contributed by atoms with Crippen molar-refractivity contribution in [3.8, 4) is 11.5 Å². The Labute approximate surface area is 285 Å². The summed E-state index contributed by atoms with van der Waals surface area (Å²) in [5.41, 5.74) is -4.42. The normalized spacial score (nSPS) is 11.4. The second kappa shape index (κ2) is 16.4. The van der Waals surface area contributed by atoms with Crippen molar-refractivity contribution in [1.29, 1.82) is 0 Å². The zero-order chi connectivity index (χ0) is 37.1. The topological polar surface area (TPSA) is 136 Å². The predicted octanol–water partition coefficient (Wildman–Crippen LogP) is 7.35. The first kappa shape index (κ1) is 37.6. The van der Waals surface area contributed by atoms with Gasteiger partial charge in [0.25, 0.3) is 0 Å². The number of rotatable bonds is 12. The molecule has 0 fully saturated rings. The van der Waals surface area contributed by atoms with Gasteiger partial charge in [0.1, 0.15) is 11.5 Å². The van der Waals surface area contributed by atoms with Crippen LogP contribution in [0, 0.1) is 0 Å². The number of aliphatic imine (C=N–C) groups is 2. The Hall–Kier alpha value is -6.24. The van der Waals surface area contributed by atoms with Crippen molar-refractivity contribution in [2.75, 3.05) is 0 Å². The van der Waals surface area contributed by atoms with Crippen LogP contribution in [0.2, 0.25) is 0 Å². The van der Waals surface area contributed by atoms with E-state index in [1.807, 2.05) is 0 Å². The van der Waals surface area contributed by atoms with Gasteiger partial charge >= 0.3 is 24.5 Å². The predicted molar refractivity (Wildman–Crippen MR) is 168 cm³/mol. The van der Waals surface area contributed by atoms with Crippen LogP contribution >= 0.6 is 0 Å². The van der Waals surface area contributed by atoms with E-state index in [1.165, 1.54) is 12.2 Å². The summed E-state index contributed by atoms with van der Waals surface area (Å²) in [4.78, 5) is 52.2. The van der Waals surface area contributed by atoms with Crippen LogP contribution in [0.15, 0.2) is 107 Å². The minimum absolute atomic E-state index is 0.0462. The Balaban J connectivity index is 1.47. The summed E-state index contributed by atoms with van der Waals surface area (Å²) in [5, 5.41) is 4.82. The van der Waals surface area contributed by atoms with Crippen molar-refractivity contribution in [3.05, 3.63) is 130 Å². The third-order valence-corrected chi connectivity index (χ3v) is 7.36. The maximum atomic E-state index is 14.6. The average Bonchev–Trinajstić information content (AvgIpc) is 3.09. The zero-order valence-corrected chi connectivity index (χ0v) is 26.2. The van der Waals surface area contributed by atoms with Gasteiger partial charge in [0, 0.05) is 13.1 Å². The molecule has 0 saturated heterocycles. The number of carbonyl (C=O) groups excluding carboxylic acids is 4. The van der Waals surface area contributed by atoms with E-state index in [-0.39, 0.29) is 37.7 Å². The zero-order valence-electron chi connectivity index (χ0n) is 26.2. The molecule has 0 aliphatic carbocycles. The highest BCUT2D eigenvalue weighted by molar-refractivity contribution is 5.71. The third kappa shape index (κ3) is 9.47. The summed E-state index contributed by atoms with van der Waals surface area (Å²) in [6.45, 7) is 0.0457. The van der Waals surface area contributed by atoms with Gasteiger partial charge in [-0.25, -0.2) is 29.2 Å². The lowest BCUT2D eigenvalue weighted by Crippen LogP contribution is -2.54. The molecule has 0 spiro atoms. The second-order valence-corrected chi connectivity index (χ2v) is 10.7. The van der Waals surface area contributed by atoms with Gasteiger partial charge < -0.3 is 20.1 Å². The van der Waals surface area contributed by atoms with Gasteiger partial charge in [-0.15, -0.1) is 0 Å². The van der Waals surface area contributed by atoms with Crippen molar-refractivity contribution in [2.45, 2.75) is 43.9 Å². The van der Waals surface area contributed by atoms with Crippen LogP contribution in [0.25, 0.3) is 0 Å². The molecule has 0 aliphatic heterocycles. The molecule has 4 rings (SSSR count). The molecule has 4 aromatic rings. The van der Waals surface area contributed by atoms with Gasteiger partial charge in [-0.3, -0.25) is 0 Å². The van der Waals surface area contributed by atoms with Crippen LogP contribution in [0.1, 0.15) is 33.4 Å². The molecule has 4 aromatic carbocycles. The molecule has 16 heteroatoms. The Kier molecular flexibility index (Phi) is 12.1. The molecular formula is C35H26F6N4O6. The van der Waals surface area contributed by atoms with E-state index in [2.05, 4.69) is 20.6 Å². The number of halogens is 6. The summed E-state index contributed by atoms with van der Waals surface area (Å²) in [6.07, 6.45) is -11.1. The summed E-state index contributed by atoms with van der Waals surface area (Å²) in [6, 6.07) is 18.7. The summed E-state index contributed by atoms with van der Waals surface area (Å²) < 4.78 is 97.8. The summed E-state index contributed by atoms with van der Waals surface area (Å²) >= 11 is 0. The standard InChI is InChI=1S/C35H26F6N4O6/c36-34(37,38)33(35(39,40)41,27-7-11-29(12-8-27)50-31(48)44-19-25-5-1-3-23(15-25)17-42-21-46)28-9-13-30(14-10-28)51-32(49)45-20-26-6-2-4-24(16-26)18-43-22-47/h1-16H,17-20H2,(H,44,48)(H,45,49). The number of benzene rings is 4. The van der Waals surface area contributed by atoms with Crippen molar-refractivity contribution < 1.29 is 55.0 Å². The number of carbonyl (C=O) groups is 2. The molecule has 51 heavy (non-hydrogen) atoms. The van der Waals surface area contributed by atoms with Crippen LogP contribution < -0.4 is 20.1 Å². The molecule has 0 unspecified atom stereocenters. The van der Waals surface area contributed by atoms with Crippen LogP contribution in [0.4, 0.5) is 35.9 Å². The molecule has 0 bridgehead atoms. The lowest BCUT2D eigenvalue weighted by Gasteiger charge is -2.38. The number of amides is 2. The van der Waals surface area contributed by atoms with E-state index in [1.54, 1.807) is 48.5 Å². The average molecular weight is 713 g/mol. The minimum atomic E-state index is -5.90. The molecule has 0 aromatic heterocycles. The van der Waals surface area contributed by atoms with Crippen molar-refractivity contribution in [1.82, 2.24) is 10.6 Å². The Bertz CT molecular complexity index is 1800. The van der Waals surface area contributed by atoms with Crippen LogP contribution in [-0.2, 0) is 41.2 Å². The SMILES string of the molecule is O=C=NCc1cccc(CNC(=O)Oc2ccc(C(c3ccc(OC(=O)NCc4cccc(CN=C=O)c4)cc3)(C(F)(F)F)C(F)(F)F)cc2)c1. The van der Waals surface area contributed by atoms with Gasteiger partial charge in [0.2, 0.25) is 17.6 Å². The smallest absolute Gasteiger partial charge is 0.410 e. The number of isocyanates is 2. The van der Waals surface area contributed by atoms with Gasteiger partial charge in [-0.05, 0) is 57.6 Å². The fourth-order valence-electron chi connectivity index (χ4n) is 5.09. The van der Waals surface area contributed by atoms with E-state index < -0.39 is 41.1 Å². The van der Waals surface area contributed by atoms with Crippen molar-refractivity contribution >= 4 is 24.3 Å². The van der Waals surface area contributed by atoms with Gasteiger partial charge in [-0.2, -0.15) is 26.3 Å². The van der Waals surface area contributed by atoms with Crippen LogP contribution in [0.5, 0.6) is 11.5 Å². The lowest BCUT2D eigenvalue weighted by atomic mass is 9.73. The van der Waals surface area contributed by atoms with E-state index in [0.717, 1.165) is 24.3 Å². The first-order valence-electron chi connectivity index (χ1n) is 14.8. The molecule has 264 valence electrons. The molecule has 0 atom stereocenters. The molecule has 0 radical (unpaired) electrons. The fraction of sp³-hybridized carbons (Fsp3) is 0.200. The van der Waals surface area contributed by atoms with Gasteiger partial charge in [0.05, 0.1) is 13.1 Å². The summed E-state index contributed by atoms with van der Waals surface area (Å²) in [7, 11) is 0. The van der Waals surface area contributed by atoms with Crippen molar-refractivity contribution in [3.63, 3.8) is 0 Å². The largest absolute Gasteiger partial charge is 0.412 e. The number of ether oxygens (including phenoxy) is 2. The number of alkyl halides is 6. The Morgan fingerprint density at radius 1 is 0.569 bits per heavy atom. The maximum Gasteiger partial charge on any atom is 0.412 e. The fourth-order valence-corrected chi connectivity index (χ4v) is 5.09. The van der Waals surface area contributed by atoms with Gasteiger partial charge in [-0.1, -0.05) is 72.8 Å². The maximum absolute atomic E-state index is 14.6. The van der Waals surface area contributed by atoms with E-state index in [9.17, 15) is 45.5 Å². The number of hydrogen-bond acceptors (Lipinski definition) is 8. The number of hydrogen-bond donors (Lipinski definition) is 2. The number of nitrogens with zero attached hydrogens (tertiary/aromatic N) is 2. The van der Waals surface area contributed by atoms with Gasteiger partial charge in [0.15, 0.2) is 0 Å². The van der Waals surface area contributed by atoms with Crippen LogP contribution in [-0.4, -0.2) is 36.7 Å². The van der Waals surface area contributed by atoms with Crippen molar-refractivity contribution in [2.24, 2.45) is 9.98 Å². The van der Waals surface area contributed by atoms with Crippen LogP contribution in [0.3, 0.4) is 0 Å². The molecular weight excluding hydrogens is 686 g/mol. The summed E-state index contributed by atoms with van der Waals surface area (Å²) in [5.74, 6) is -0.668. The van der Waals surface area contributed by atoms with E-state index >= 15 is 0 Å². The molecule has 0 aliphatic rings. The Morgan fingerprint density at radius 2 is 0.922 bits per heavy atom. The molecule has 10 nitrogen and oxygen atoms in total. The molecule has 2 N–H and O–H groups in total. The molecule has 2 amide bonds. The Morgan fingerprint density at radius 3 is 1.25 bits per heavy atom. The van der Waals surface area contributed by atoms with E-state index in [4.69, 9.17) is 9.47 Å². The molecule has 0 heterocycles. The third-order valence-electron chi connectivity index (χ3n) is 7.36. The number of nitrogens with one attached hydrogen (secondary N) is 2. The monoisotopic (exact) mass is 712 g/mol. The first-order chi connectivity index (χ1) is 24.3. The lowest BCUT2D eigenvalue weighted by molar-refractivity contribution is -0.288. The highest BCUT2D eigenvalue weighted by atomic mass is 19.4.